The standard InChI is InChI=1S/C24H32N4O5S/c1-15(2)18-14-19(21(31-4)22(32-5)20(18)30-3)23(29)26-27-24(34)25-16-6-8-17(9-7-16)28-10-12-33-13-11-28/h6-9,14-15H,10-13H2,1-5H3,(H,26,29)(H2,25,27,34). The maximum absolute atomic E-state index is 13.0. The highest BCUT2D eigenvalue weighted by Crippen LogP contribution is 2.45. The molecule has 34 heavy (non-hydrogen) atoms. The van der Waals surface area contributed by atoms with Gasteiger partial charge in [0.2, 0.25) is 5.75 Å². The van der Waals surface area contributed by atoms with E-state index in [9.17, 15) is 4.79 Å². The number of nitrogens with one attached hydrogen (secondary N) is 3. The Balaban J connectivity index is 1.67. The van der Waals surface area contributed by atoms with Crippen molar-refractivity contribution < 1.29 is 23.7 Å². The normalized spacial score (nSPS) is 13.3. The molecule has 10 heteroatoms. The number of benzene rings is 2. The number of rotatable bonds is 7. The van der Waals surface area contributed by atoms with E-state index >= 15 is 0 Å². The smallest absolute Gasteiger partial charge is 0.273 e. The molecule has 0 aliphatic carbocycles. The summed E-state index contributed by atoms with van der Waals surface area (Å²) in [4.78, 5) is 15.3. The third-order valence-corrected chi connectivity index (χ3v) is 5.69. The number of carbonyl (C=O) groups is 1. The van der Waals surface area contributed by atoms with Crippen molar-refractivity contribution in [2.45, 2.75) is 19.8 Å². The van der Waals surface area contributed by atoms with E-state index in [0.717, 1.165) is 43.2 Å². The van der Waals surface area contributed by atoms with Crippen LogP contribution in [-0.4, -0.2) is 58.7 Å². The lowest BCUT2D eigenvalue weighted by atomic mass is 9.97. The second-order valence-electron chi connectivity index (χ2n) is 7.95. The number of nitrogens with zero attached hydrogens (tertiary/aromatic N) is 1. The average Bonchev–Trinajstić information content (AvgIpc) is 2.86. The van der Waals surface area contributed by atoms with Gasteiger partial charge in [0, 0.05) is 30.0 Å². The maximum Gasteiger partial charge on any atom is 0.273 e. The molecule has 0 aromatic heterocycles. The fourth-order valence-corrected chi connectivity index (χ4v) is 3.93. The summed E-state index contributed by atoms with van der Waals surface area (Å²) in [6, 6.07) is 9.66. The van der Waals surface area contributed by atoms with Gasteiger partial charge in [0.15, 0.2) is 16.6 Å². The van der Waals surface area contributed by atoms with E-state index < -0.39 is 5.91 Å². The van der Waals surface area contributed by atoms with Crippen LogP contribution in [0, 0.1) is 0 Å². The van der Waals surface area contributed by atoms with Crippen molar-refractivity contribution in [2.24, 2.45) is 0 Å². The van der Waals surface area contributed by atoms with Crippen LogP contribution in [0.1, 0.15) is 35.7 Å². The highest BCUT2D eigenvalue weighted by molar-refractivity contribution is 7.80. The zero-order chi connectivity index (χ0) is 24.7. The number of hydrazine groups is 1. The summed E-state index contributed by atoms with van der Waals surface area (Å²) in [5, 5.41) is 3.31. The van der Waals surface area contributed by atoms with E-state index in [0.29, 0.717) is 17.1 Å². The van der Waals surface area contributed by atoms with Crippen molar-refractivity contribution in [3.05, 3.63) is 41.5 Å². The molecule has 0 radical (unpaired) electrons. The quantitative estimate of drug-likeness (QED) is 0.401. The first-order chi connectivity index (χ1) is 16.4. The molecule has 1 amide bonds. The summed E-state index contributed by atoms with van der Waals surface area (Å²) < 4.78 is 21.9. The zero-order valence-electron chi connectivity index (χ0n) is 20.2. The van der Waals surface area contributed by atoms with Crippen LogP contribution >= 0.6 is 12.2 Å². The van der Waals surface area contributed by atoms with Gasteiger partial charge in [0.1, 0.15) is 0 Å². The number of anilines is 2. The summed E-state index contributed by atoms with van der Waals surface area (Å²) in [5.74, 6) is 0.851. The topological polar surface area (TPSA) is 93.3 Å². The molecule has 1 heterocycles. The van der Waals surface area contributed by atoms with E-state index in [1.807, 2.05) is 38.1 Å². The van der Waals surface area contributed by atoms with Crippen LogP contribution < -0.4 is 35.3 Å². The van der Waals surface area contributed by atoms with Crippen molar-refractivity contribution in [2.75, 3.05) is 57.8 Å². The number of hydrogen-bond acceptors (Lipinski definition) is 7. The number of carbonyl (C=O) groups excluding carboxylic acids is 1. The van der Waals surface area contributed by atoms with Crippen molar-refractivity contribution in [3.8, 4) is 17.2 Å². The molecule has 0 unspecified atom stereocenters. The molecule has 0 bridgehead atoms. The second kappa shape index (κ2) is 11.8. The highest BCUT2D eigenvalue weighted by Gasteiger charge is 2.25. The Morgan fingerprint density at radius 1 is 0.971 bits per heavy atom. The van der Waals surface area contributed by atoms with Crippen LogP contribution in [0.25, 0.3) is 0 Å². The average molecular weight is 489 g/mol. The Bertz CT molecular complexity index is 1010. The zero-order valence-corrected chi connectivity index (χ0v) is 21.0. The van der Waals surface area contributed by atoms with Crippen molar-refractivity contribution in [1.29, 1.82) is 0 Å². The van der Waals surface area contributed by atoms with Gasteiger partial charge < -0.3 is 29.2 Å². The predicted molar refractivity (Wildman–Crippen MR) is 136 cm³/mol. The van der Waals surface area contributed by atoms with Gasteiger partial charge in [-0.25, -0.2) is 0 Å². The van der Waals surface area contributed by atoms with Crippen LogP contribution in [0.5, 0.6) is 17.2 Å². The van der Waals surface area contributed by atoms with Crippen LogP contribution in [0.3, 0.4) is 0 Å². The molecule has 3 N–H and O–H groups in total. The van der Waals surface area contributed by atoms with Crippen LogP contribution in [0.2, 0.25) is 0 Å². The van der Waals surface area contributed by atoms with Crippen molar-refractivity contribution in [3.63, 3.8) is 0 Å². The SMILES string of the molecule is COc1c(C(=O)NNC(=S)Nc2ccc(N3CCOCC3)cc2)cc(C(C)C)c(OC)c1OC. The molecule has 9 nitrogen and oxygen atoms in total. The first kappa shape index (κ1) is 25.4. The number of amides is 1. The lowest BCUT2D eigenvalue weighted by Gasteiger charge is -2.29. The molecule has 0 atom stereocenters. The highest BCUT2D eigenvalue weighted by atomic mass is 32.1. The first-order valence-electron chi connectivity index (χ1n) is 11.0. The van der Waals surface area contributed by atoms with E-state index in [2.05, 4.69) is 21.1 Å². The summed E-state index contributed by atoms with van der Waals surface area (Å²) in [5.41, 5.74) is 8.41. The summed E-state index contributed by atoms with van der Waals surface area (Å²) in [6.45, 7) is 7.22. The minimum atomic E-state index is -0.425. The Morgan fingerprint density at radius 2 is 1.59 bits per heavy atom. The fourth-order valence-electron chi connectivity index (χ4n) is 3.76. The molecule has 0 saturated carbocycles. The Hall–Kier alpha value is -3.24. The largest absolute Gasteiger partial charge is 0.492 e. The molecule has 1 aliphatic heterocycles. The Labute approximate surface area is 205 Å². The minimum absolute atomic E-state index is 0.0949. The molecule has 3 rings (SSSR count). The molecule has 1 aliphatic rings. The predicted octanol–water partition coefficient (Wildman–Crippen LogP) is 3.30. The fraction of sp³-hybridized carbons (Fsp3) is 0.417. The van der Waals surface area contributed by atoms with E-state index in [-0.39, 0.29) is 16.8 Å². The van der Waals surface area contributed by atoms with Gasteiger partial charge >= 0.3 is 0 Å². The van der Waals surface area contributed by atoms with Crippen LogP contribution in [0.4, 0.5) is 11.4 Å². The monoisotopic (exact) mass is 488 g/mol. The third kappa shape index (κ3) is 5.81. The van der Waals surface area contributed by atoms with E-state index in [4.69, 9.17) is 31.2 Å². The molecule has 1 fully saturated rings. The number of morpholine rings is 1. The lowest BCUT2D eigenvalue weighted by molar-refractivity contribution is 0.0940. The molecule has 2 aromatic carbocycles. The molecule has 2 aromatic rings. The van der Waals surface area contributed by atoms with Gasteiger partial charge in [-0.05, 0) is 48.5 Å². The van der Waals surface area contributed by atoms with Gasteiger partial charge in [-0.3, -0.25) is 15.6 Å². The van der Waals surface area contributed by atoms with Gasteiger partial charge in [-0.15, -0.1) is 0 Å². The summed E-state index contributed by atoms with van der Waals surface area (Å²) in [6.07, 6.45) is 0. The van der Waals surface area contributed by atoms with Gasteiger partial charge in [-0.2, -0.15) is 0 Å². The molecule has 0 spiro atoms. The van der Waals surface area contributed by atoms with Crippen LogP contribution in [-0.2, 0) is 4.74 Å². The molecule has 184 valence electrons. The molecular formula is C24H32N4O5S. The number of ether oxygens (including phenoxy) is 4. The van der Waals surface area contributed by atoms with Gasteiger partial charge in [0.05, 0.1) is 40.1 Å². The first-order valence-corrected chi connectivity index (χ1v) is 11.4. The maximum atomic E-state index is 13.0. The van der Waals surface area contributed by atoms with Gasteiger partial charge in [-0.1, -0.05) is 13.8 Å². The molecular weight excluding hydrogens is 456 g/mol. The van der Waals surface area contributed by atoms with E-state index in [1.165, 1.54) is 14.2 Å². The number of thiocarbonyl (C=S) groups is 1. The summed E-state index contributed by atoms with van der Waals surface area (Å²) >= 11 is 5.34. The Kier molecular flexibility index (Phi) is 8.78. The third-order valence-electron chi connectivity index (χ3n) is 5.49. The van der Waals surface area contributed by atoms with Crippen molar-refractivity contribution >= 4 is 34.6 Å². The van der Waals surface area contributed by atoms with Gasteiger partial charge in [0.25, 0.3) is 5.91 Å². The van der Waals surface area contributed by atoms with Crippen LogP contribution in [0.15, 0.2) is 30.3 Å². The Morgan fingerprint density at radius 3 is 2.15 bits per heavy atom. The molecule has 1 saturated heterocycles. The summed E-state index contributed by atoms with van der Waals surface area (Å²) in [7, 11) is 4.54. The van der Waals surface area contributed by atoms with E-state index in [1.54, 1.807) is 13.2 Å². The lowest BCUT2D eigenvalue weighted by Crippen LogP contribution is -2.43. The second-order valence-corrected chi connectivity index (χ2v) is 8.36. The van der Waals surface area contributed by atoms with Crippen molar-refractivity contribution in [1.82, 2.24) is 10.9 Å². The number of hydrogen-bond donors (Lipinski definition) is 3. The minimum Gasteiger partial charge on any atom is -0.492 e. The number of methoxy groups -OCH3 is 3.